The monoisotopic (exact) mass is 267 g/mol. The summed E-state index contributed by atoms with van der Waals surface area (Å²) in [5.41, 5.74) is -0.118. The summed E-state index contributed by atoms with van der Waals surface area (Å²) < 4.78 is 6.75. The molecule has 7 nitrogen and oxygen atoms in total. The maximum atomic E-state index is 11.9. The van der Waals surface area contributed by atoms with Crippen LogP contribution in [-0.4, -0.2) is 46.4 Å². The van der Waals surface area contributed by atoms with E-state index in [4.69, 9.17) is 9.84 Å². The molecule has 0 spiro atoms. The summed E-state index contributed by atoms with van der Waals surface area (Å²) in [6.45, 7) is 1.03. The Labute approximate surface area is 110 Å². The van der Waals surface area contributed by atoms with Gasteiger partial charge in [0.25, 0.3) is 5.56 Å². The molecular formula is C12H17N3O4. The summed E-state index contributed by atoms with van der Waals surface area (Å²) in [6, 6.07) is 0. The molecule has 7 heteroatoms. The van der Waals surface area contributed by atoms with Crippen LogP contribution in [0.1, 0.15) is 12.8 Å². The fourth-order valence-corrected chi connectivity index (χ4v) is 2.12. The predicted octanol–water partition coefficient (Wildman–Crippen LogP) is -0.150. The van der Waals surface area contributed by atoms with E-state index in [1.807, 2.05) is 4.90 Å². The van der Waals surface area contributed by atoms with Gasteiger partial charge >= 0.3 is 5.97 Å². The number of aryl methyl sites for hydroxylation is 1. The fourth-order valence-electron chi connectivity index (χ4n) is 2.12. The van der Waals surface area contributed by atoms with Crippen molar-refractivity contribution in [1.82, 2.24) is 9.55 Å². The lowest BCUT2D eigenvalue weighted by Crippen LogP contribution is -2.41. The van der Waals surface area contributed by atoms with Crippen molar-refractivity contribution in [2.75, 3.05) is 24.6 Å². The minimum Gasteiger partial charge on any atom is -0.480 e. The molecule has 19 heavy (non-hydrogen) atoms. The summed E-state index contributed by atoms with van der Waals surface area (Å²) in [6.07, 6.45) is 4.57. The molecule has 0 amide bonds. The van der Waals surface area contributed by atoms with E-state index in [2.05, 4.69) is 4.98 Å². The minimum absolute atomic E-state index is 0.0556. The van der Waals surface area contributed by atoms with E-state index in [1.54, 1.807) is 19.4 Å². The topological polar surface area (TPSA) is 84.7 Å². The van der Waals surface area contributed by atoms with Crippen molar-refractivity contribution >= 4 is 11.8 Å². The van der Waals surface area contributed by atoms with Crippen LogP contribution < -0.4 is 10.5 Å². The number of carbonyl (C=O) groups is 1. The van der Waals surface area contributed by atoms with Crippen LogP contribution >= 0.6 is 0 Å². The number of aromatic nitrogens is 2. The number of aliphatic carboxylic acids is 1. The Morgan fingerprint density at radius 1 is 1.53 bits per heavy atom. The van der Waals surface area contributed by atoms with Gasteiger partial charge in [0.2, 0.25) is 0 Å². The van der Waals surface area contributed by atoms with Crippen molar-refractivity contribution in [1.29, 1.82) is 0 Å². The van der Waals surface area contributed by atoms with Gasteiger partial charge < -0.3 is 19.3 Å². The Kier molecular flexibility index (Phi) is 4.16. The van der Waals surface area contributed by atoms with E-state index < -0.39 is 5.97 Å². The number of piperidine rings is 1. The quantitative estimate of drug-likeness (QED) is 0.816. The number of carboxylic acid groups (broad SMARTS) is 1. The van der Waals surface area contributed by atoms with Gasteiger partial charge in [0.05, 0.1) is 6.10 Å². The molecule has 0 aliphatic carbocycles. The van der Waals surface area contributed by atoms with E-state index in [0.717, 1.165) is 0 Å². The molecule has 0 unspecified atom stereocenters. The van der Waals surface area contributed by atoms with Crippen LogP contribution in [0.5, 0.6) is 0 Å². The van der Waals surface area contributed by atoms with Gasteiger partial charge in [-0.15, -0.1) is 0 Å². The van der Waals surface area contributed by atoms with E-state index in [-0.39, 0.29) is 18.3 Å². The van der Waals surface area contributed by atoms with Gasteiger partial charge in [-0.05, 0) is 12.8 Å². The molecule has 0 aromatic carbocycles. The Balaban J connectivity index is 1.94. The molecule has 104 valence electrons. The molecule has 1 aliphatic heterocycles. The molecule has 1 aliphatic rings. The second kappa shape index (κ2) is 5.83. The largest absolute Gasteiger partial charge is 0.480 e. The van der Waals surface area contributed by atoms with Gasteiger partial charge in [-0.2, -0.15) is 0 Å². The first-order chi connectivity index (χ1) is 9.08. The average Bonchev–Trinajstić information content (AvgIpc) is 2.40. The van der Waals surface area contributed by atoms with Crippen molar-refractivity contribution in [3.63, 3.8) is 0 Å². The Bertz CT molecular complexity index is 506. The van der Waals surface area contributed by atoms with Gasteiger partial charge in [0.15, 0.2) is 5.82 Å². The molecular weight excluding hydrogens is 250 g/mol. The molecule has 2 rings (SSSR count). The first-order valence-electron chi connectivity index (χ1n) is 6.18. The zero-order chi connectivity index (χ0) is 13.8. The van der Waals surface area contributed by atoms with Crippen molar-refractivity contribution in [2.45, 2.75) is 18.9 Å². The Morgan fingerprint density at radius 2 is 2.21 bits per heavy atom. The number of ether oxygens (including phenoxy) is 1. The summed E-state index contributed by atoms with van der Waals surface area (Å²) in [5, 5.41) is 8.55. The highest BCUT2D eigenvalue weighted by Gasteiger charge is 2.23. The summed E-state index contributed by atoms with van der Waals surface area (Å²) in [7, 11) is 1.69. The molecule has 0 radical (unpaired) electrons. The molecule has 0 atom stereocenters. The summed E-state index contributed by atoms with van der Waals surface area (Å²) >= 11 is 0. The number of hydrogen-bond acceptors (Lipinski definition) is 5. The lowest BCUT2D eigenvalue weighted by molar-refractivity contribution is -0.144. The molecule has 0 bridgehead atoms. The summed E-state index contributed by atoms with van der Waals surface area (Å²) in [4.78, 5) is 28.4. The SMILES string of the molecule is Cn1ccnc(N2CCC(OCC(=O)O)CC2)c1=O. The van der Waals surface area contributed by atoms with E-state index >= 15 is 0 Å². The van der Waals surface area contributed by atoms with Crippen LogP contribution in [0, 0.1) is 0 Å². The Morgan fingerprint density at radius 3 is 2.84 bits per heavy atom. The third-order valence-corrected chi connectivity index (χ3v) is 3.18. The summed E-state index contributed by atoms with van der Waals surface area (Å²) in [5.74, 6) is -0.511. The van der Waals surface area contributed by atoms with Gasteiger partial charge in [0.1, 0.15) is 6.61 Å². The van der Waals surface area contributed by atoms with Crippen LogP contribution in [0.4, 0.5) is 5.82 Å². The highest BCUT2D eigenvalue weighted by molar-refractivity contribution is 5.68. The van der Waals surface area contributed by atoms with Gasteiger partial charge in [-0.3, -0.25) is 4.79 Å². The zero-order valence-electron chi connectivity index (χ0n) is 10.8. The standard InChI is InChI=1S/C12H17N3O4/c1-14-7-4-13-11(12(14)18)15-5-2-9(3-6-15)19-8-10(16)17/h4,7,9H,2-3,5-6,8H2,1H3,(H,16,17). The highest BCUT2D eigenvalue weighted by atomic mass is 16.5. The van der Waals surface area contributed by atoms with Crippen LogP contribution in [0.2, 0.25) is 0 Å². The van der Waals surface area contributed by atoms with Gasteiger partial charge in [-0.1, -0.05) is 0 Å². The molecule has 0 saturated carbocycles. The third kappa shape index (κ3) is 3.31. The van der Waals surface area contributed by atoms with Gasteiger partial charge in [0, 0.05) is 32.5 Å². The van der Waals surface area contributed by atoms with Gasteiger partial charge in [-0.25, -0.2) is 9.78 Å². The number of carboxylic acids is 1. The maximum Gasteiger partial charge on any atom is 0.329 e. The highest BCUT2D eigenvalue weighted by Crippen LogP contribution is 2.16. The molecule has 2 heterocycles. The van der Waals surface area contributed by atoms with Crippen LogP contribution in [-0.2, 0) is 16.6 Å². The molecule has 1 saturated heterocycles. The van der Waals surface area contributed by atoms with E-state index in [9.17, 15) is 9.59 Å². The lowest BCUT2D eigenvalue weighted by Gasteiger charge is -2.31. The predicted molar refractivity (Wildman–Crippen MR) is 68.3 cm³/mol. The number of hydrogen-bond donors (Lipinski definition) is 1. The van der Waals surface area contributed by atoms with Crippen molar-refractivity contribution < 1.29 is 14.6 Å². The van der Waals surface area contributed by atoms with E-state index in [1.165, 1.54) is 4.57 Å². The molecule has 1 fully saturated rings. The maximum absolute atomic E-state index is 11.9. The Hall–Kier alpha value is -1.89. The smallest absolute Gasteiger partial charge is 0.329 e. The second-order valence-electron chi connectivity index (χ2n) is 4.56. The van der Waals surface area contributed by atoms with Crippen LogP contribution in [0.15, 0.2) is 17.2 Å². The average molecular weight is 267 g/mol. The van der Waals surface area contributed by atoms with Crippen LogP contribution in [0.25, 0.3) is 0 Å². The number of rotatable bonds is 4. The number of anilines is 1. The normalized spacial score (nSPS) is 16.6. The molecule has 1 aromatic heterocycles. The third-order valence-electron chi connectivity index (χ3n) is 3.18. The molecule has 1 aromatic rings. The van der Waals surface area contributed by atoms with E-state index in [0.29, 0.717) is 31.7 Å². The lowest BCUT2D eigenvalue weighted by atomic mass is 10.1. The molecule has 1 N–H and O–H groups in total. The first-order valence-corrected chi connectivity index (χ1v) is 6.18. The fraction of sp³-hybridized carbons (Fsp3) is 0.583. The van der Waals surface area contributed by atoms with Crippen LogP contribution in [0.3, 0.4) is 0 Å². The number of nitrogens with zero attached hydrogens (tertiary/aromatic N) is 3. The van der Waals surface area contributed by atoms with Crippen molar-refractivity contribution in [3.05, 3.63) is 22.7 Å². The zero-order valence-corrected chi connectivity index (χ0v) is 10.8. The first kappa shape index (κ1) is 13.5. The second-order valence-corrected chi connectivity index (χ2v) is 4.56. The van der Waals surface area contributed by atoms with Crippen molar-refractivity contribution in [2.24, 2.45) is 7.05 Å². The minimum atomic E-state index is -0.957. The van der Waals surface area contributed by atoms with Crippen molar-refractivity contribution in [3.8, 4) is 0 Å².